The Kier molecular flexibility index (Phi) is 5.42. The molecule has 1 aromatic heterocycles. The maximum absolute atomic E-state index is 3.69. The van der Waals surface area contributed by atoms with Crippen LogP contribution in [-0.4, -0.2) is 6.54 Å². The van der Waals surface area contributed by atoms with E-state index in [-0.39, 0.29) is 0 Å². The number of aryl methyl sites for hydroxylation is 2. The molecule has 0 saturated heterocycles. The summed E-state index contributed by atoms with van der Waals surface area (Å²) in [7, 11) is 0. The molecule has 3 heteroatoms. The standard InChI is InChI=1S/C16H20INS/c1-4-7-18-16(13-9-15(17)19-10-13)14-8-11(2)5-6-12(14)3/h5-6,8-10,16,18H,4,7H2,1-3H3. The molecular formula is C16H20INS. The van der Waals surface area contributed by atoms with Crippen LogP contribution in [-0.2, 0) is 0 Å². The zero-order valence-corrected chi connectivity index (χ0v) is 14.6. The predicted molar refractivity (Wildman–Crippen MR) is 93.1 cm³/mol. The first-order valence-electron chi connectivity index (χ1n) is 6.66. The minimum Gasteiger partial charge on any atom is -0.306 e. The van der Waals surface area contributed by atoms with Crippen LogP contribution in [0.1, 0.15) is 41.6 Å². The molecule has 1 atom stereocenters. The molecule has 2 rings (SSSR count). The van der Waals surface area contributed by atoms with Crippen molar-refractivity contribution in [3.05, 3.63) is 54.8 Å². The highest BCUT2D eigenvalue weighted by Gasteiger charge is 2.16. The van der Waals surface area contributed by atoms with Gasteiger partial charge in [0.2, 0.25) is 0 Å². The number of hydrogen-bond acceptors (Lipinski definition) is 2. The van der Waals surface area contributed by atoms with E-state index >= 15 is 0 Å². The molecule has 19 heavy (non-hydrogen) atoms. The van der Waals surface area contributed by atoms with Crippen LogP contribution in [0.15, 0.2) is 29.6 Å². The van der Waals surface area contributed by atoms with Gasteiger partial charge in [-0.3, -0.25) is 0 Å². The van der Waals surface area contributed by atoms with Gasteiger partial charge in [0.25, 0.3) is 0 Å². The molecule has 0 aliphatic heterocycles. The molecule has 0 amide bonds. The second-order valence-corrected chi connectivity index (χ2v) is 7.74. The van der Waals surface area contributed by atoms with E-state index in [1.807, 2.05) is 11.3 Å². The number of hydrogen-bond donors (Lipinski definition) is 1. The molecular weight excluding hydrogens is 365 g/mol. The molecule has 1 N–H and O–H groups in total. The zero-order chi connectivity index (χ0) is 13.8. The van der Waals surface area contributed by atoms with Crippen molar-refractivity contribution in [1.82, 2.24) is 5.32 Å². The average molecular weight is 385 g/mol. The van der Waals surface area contributed by atoms with E-state index in [9.17, 15) is 0 Å². The van der Waals surface area contributed by atoms with Crippen molar-refractivity contribution in [3.8, 4) is 0 Å². The molecule has 0 aliphatic carbocycles. The van der Waals surface area contributed by atoms with Crippen molar-refractivity contribution in [2.24, 2.45) is 0 Å². The van der Waals surface area contributed by atoms with E-state index in [0.717, 1.165) is 13.0 Å². The third-order valence-electron chi connectivity index (χ3n) is 3.27. The summed E-state index contributed by atoms with van der Waals surface area (Å²) in [5.74, 6) is 0. The second-order valence-electron chi connectivity index (χ2n) is 4.93. The van der Waals surface area contributed by atoms with E-state index in [1.54, 1.807) is 0 Å². The van der Waals surface area contributed by atoms with E-state index in [2.05, 4.69) is 78.3 Å². The highest BCUT2D eigenvalue weighted by Crippen LogP contribution is 2.29. The molecule has 1 heterocycles. The fourth-order valence-electron chi connectivity index (χ4n) is 2.24. The fraction of sp³-hybridized carbons (Fsp3) is 0.375. The molecule has 1 nitrogen and oxygen atoms in total. The third-order valence-corrected chi connectivity index (χ3v) is 5.07. The highest BCUT2D eigenvalue weighted by atomic mass is 127. The largest absolute Gasteiger partial charge is 0.306 e. The van der Waals surface area contributed by atoms with E-state index in [1.165, 1.54) is 25.1 Å². The van der Waals surface area contributed by atoms with Crippen LogP contribution in [0.5, 0.6) is 0 Å². The van der Waals surface area contributed by atoms with Crippen molar-refractivity contribution >= 4 is 33.9 Å². The fourth-order valence-corrected chi connectivity index (χ4v) is 3.64. The van der Waals surface area contributed by atoms with Gasteiger partial charge in [-0.25, -0.2) is 0 Å². The van der Waals surface area contributed by atoms with E-state index in [0.29, 0.717) is 6.04 Å². The van der Waals surface area contributed by atoms with Crippen LogP contribution < -0.4 is 5.32 Å². The number of halogens is 1. The topological polar surface area (TPSA) is 12.0 Å². The molecule has 102 valence electrons. The van der Waals surface area contributed by atoms with Crippen molar-refractivity contribution in [3.63, 3.8) is 0 Å². The Morgan fingerprint density at radius 2 is 2.05 bits per heavy atom. The Bertz CT molecular complexity index is 547. The second kappa shape index (κ2) is 6.86. The summed E-state index contributed by atoms with van der Waals surface area (Å²) >= 11 is 4.21. The third kappa shape index (κ3) is 3.80. The number of nitrogens with one attached hydrogen (secondary N) is 1. The van der Waals surface area contributed by atoms with Crippen molar-refractivity contribution in [1.29, 1.82) is 0 Å². The summed E-state index contributed by atoms with van der Waals surface area (Å²) in [6.07, 6.45) is 1.16. The summed E-state index contributed by atoms with van der Waals surface area (Å²) in [5.41, 5.74) is 5.48. The number of rotatable bonds is 5. The smallest absolute Gasteiger partial charge is 0.0656 e. The minimum atomic E-state index is 0.319. The summed E-state index contributed by atoms with van der Waals surface area (Å²) in [4.78, 5) is 0. The maximum atomic E-state index is 3.69. The minimum absolute atomic E-state index is 0.319. The van der Waals surface area contributed by atoms with Crippen LogP contribution in [0.25, 0.3) is 0 Å². The lowest BCUT2D eigenvalue weighted by atomic mass is 9.95. The first-order chi connectivity index (χ1) is 9.11. The molecule has 0 saturated carbocycles. The summed E-state index contributed by atoms with van der Waals surface area (Å²) in [6.45, 7) is 7.62. The van der Waals surface area contributed by atoms with Crippen LogP contribution in [0.4, 0.5) is 0 Å². The van der Waals surface area contributed by atoms with Gasteiger partial charge in [-0.1, -0.05) is 30.7 Å². The van der Waals surface area contributed by atoms with Gasteiger partial charge in [0, 0.05) is 0 Å². The first-order valence-corrected chi connectivity index (χ1v) is 8.62. The number of benzene rings is 1. The van der Waals surface area contributed by atoms with Gasteiger partial charge < -0.3 is 5.32 Å². The summed E-state index contributed by atoms with van der Waals surface area (Å²) < 4.78 is 1.35. The van der Waals surface area contributed by atoms with Gasteiger partial charge in [0.15, 0.2) is 0 Å². The SMILES string of the molecule is CCCNC(c1csc(I)c1)c1cc(C)ccc1C. The lowest BCUT2D eigenvalue weighted by Gasteiger charge is -2.21. The molecule has 1 aromatic carbocycles. The number of thiophene rings is 1. The van der Waals surface area contributed by atoms with Gasteiger partial charge in [-0.05, 0) is 77.5 Å². The molecule has 0 spiro atoms. The summed E-state index contributed by atoms with van der Waals surface area (Å²) in [6, 6.07) is 9.34. The van der Waals surface area contributed by atoms with E-state index in [4.69, 9.17) is 0 Å². The Morgan fingerprint density at radius 3 is 2.68 bits per heavy atom. The van der Waals surface area contributed by atoms with Gasteiger partial charge >= 0.3 is 0 Å². The van der Waals surface area contributed by atoms with E-state index < -0.39 is 0 Å². The Hall–Kier alpha value is -0.390. The van der Waals surface area contributed by atoms with Crippen molar-refractivity contribution in [2.45, 2.75) is 33.2 Å². The van der Waals surface area contributed by atoms with Gasteiger partial charge in [0.1, 0.15) is 0 Å². The van der Waals surface area contributed by atoms with Crippen LogP contribution in [0.3, 0.4) is 0 Å². The van der Waals surface area contributed by atoms with Crippen LogP contribution in [0, 0.1) is 16.7 Å². The maximum Gasteiger partial charge on any atom is 0.0656 e. The lowest BCUT2D eigenvalue weighted by Crippen LogP contribution is -2.23. The Labute approximate surface area is 133 Å². The monoisotopic (exact) mass is 385 g/mol. The molecule has 0 bridgehead atoms. The first kappa shape index (κ1) is 15.0. The Morgan fingerprint density at radius 1 is 1.26 bits per heavy atom. The predicted octanol–water partition coefficient (Wildman–Crippen LogP) is 5.06. The Balaban J connectivity index is 2.39. The lowest BCUT2D eigenvalue weighted by molar-refractivity contribution is 0.597. The van der Waals surface area contributed by atoms with Crippen molar-refractivity contribution < 1.29 is 0 Å². The normalized spacial score (nSPS) is 12.6. The molecule has 1 unspecified atom stereocenters. The van der Waals surface area contributed by atoms with Gasteiger partial charge in [0.05, 0.1) is 8.93 Å². The molecule has 0 radical (unpaired) electrons. The van der Waals surface area contributed by atoms with Crippen LogP contribution >= 0.6 is 33.9 Å². The van der Waals surface area contributed by atoms with Gasteiger partial charge in [-0.2, -0.15) is 0 Å². The van der Waals surface area contributed by atoms with Crippen molar-refractivity contribution in [2.75, 3.05) is 6.54 Å². The van der Waals surface area contributed by atoms with Crippen LogP contribution in [0.2, 0.25) is 0 Å². The molecule has 0 aliphatic rings. The zero-order valence-electron chi connectivity index (χ0n) is 11.7. The average Bonchev–Trinajstić information content (AvgIpc) is 2.80. The molecule has 0 fully saturated rings. The highest BCUT2D eigenvalue weighted by molar-refractivity contribution is 14.1. The molecule has 2 aromatic rings. The quantitative estimate of drug-likeness (QED) is 0.710. The van der Waals surface area contributed by atoms with Gasteiger partial charge in [-0.15, -0.1) is 11.3 Å². The summed E-state index contributed by atoms with van der Waals surface area (Å²) in [5, 5.41) is 5.96.